The third-order valence-electron chi connectivity index (χ3n) is 4.46. The number of rotatable bonds is 4. The Labute approximate surface area is 166 Å². The summed E-state index contributed by atoms with van der Waals surface area (Å²) < 4.78 is 22.9. The van der Waals surface area contributed by atoms with Gasteiger partial charge in [-0.2, -0.15) is 5.10 Å². The van der Waals surface area contributed by atoms with Crippen LogP contribution in [0.1, 0.15) is 5.69 Å². The molecule has 0 saturated carbocycles. The van der Waals surface area contributed by atoms with Gasteiger partial charge in [0.15, 0.2) is 0 Å². The molecular weight excluding hydrogens is 379 g/mol. The average molecular weight is 395 g/mol. The van der Waals surface area contributed by atoms with E-state index >= 15 is 0 Å². The van der Waals surface area contributed by atoms with Crippen molar-refractivity contribution in [1.29, 1.82) is 0 Å². The van der Waals surface area contributed by atoms with Crippen LogP contribution in [0.4, 0.5) is 4.39 Å². The van der Waals surface area contributed by atoms with Crippen molar-refractivity contribution in [2.45, 2.75) is 6.92 Å². The summed E-state index contributed by atoms with van der Waals surface area (Å²) in [5, 5.41) is 4.86. The Kier molecular flexibility index (Phi) is 4.54. The van der Waals surface area contributed by atoms with Crippen molar-refractivity contribution in [3.63, 3.8) is 0 Å². The molecule has 0 unspecified atom stereocenters. The van der Waals surface area contributed by atoms with E-state index in [1.54, 1.807) is 17.1 Å². The summed E-state index contributed by atoms with van der Waals surface area (Å²) in [6.07, 6.45) is 7.04. The first kappa shape index (κ1) is 18.1. The van der Waals surface area contributed by atoms with Crippen LogP contribution in [0.25, 0.3) is 28.0 Å². The minimum atomic E-state index is -0.394. The van der Waals surface area contributed by atoms with E-state index in [1.165, 1.54) is 12.1 Å². The lowest BCUT2D eigenvalue weighted by Gasteiger charge is -2.12. The smallest absolute Gasteiger partial charge is 0.148 e. The second-order valence-corrected chi connectivity index (χ2v) is 6.67. The van der Waals surface area contributed by atoms with E-state index in [-0.39, 0.29) is 6.61 Å². The molecule has 0 spiro atoms. The number of fused-ring (bicyclic) bond motifs is 1. The highest BCUT2D eigenvalue weighted by Crippen LogP contribution is 2.37. The largest absolute Gasteiger partial charge is 0.479 e. The maximum atomic E-state index is 13.6. The molecule has 2 heterocycles. The molecule has 2 aromatic heterocycles. The van der Waals surface area contributed by atoms with E-state index in [2.05, 4.69) is 16.0 Å². The molecule has 0 amide bonds. The van der Waals surface area contributed by atoms with Gasteiger partial charge in [-0.1, -0.05) is 23.6 Å². The Morgan fingerprint density at radius 3 is 2.86 bits per heavy atom. The summed E-state index contributed by atoms with van der Waals surface area (Å²) in [7, 11) is 1.83. The maximum Gasteiger partial charge on any atom is 0.148 e. The van der Waals surface area contributed by atoms with Crippen LogP contribution >= 0.6 is 11.6 Å². The van der Waals surface area contributed by atoms with Crippen molar-refractivity contribution in [2.75, 3.05) is 6.61 Å². The van der Waals surface area contributed by atoms with Gasteiger partial charge < -0.3 is 4.74 Å². The number of terminal acetylenes is 1. The van der Waals surface area contributed by atoms with Crippen LogP contribution in [0.2, 0.25) is 5.02 Å². The number of ether oxygens (including phenoxy) is 1. The van der Waals surface area contributed by atoms with Crippen molar-refractivity contribution in [3.05, 3.63) is 59.3 Å². The van der Waals surface area contributed by atoms with E-state index in [0.29, 0.717) is 16.3 Å². The van der Waals surface area contributed by atoms with Gasteiger partial charge in [-0.05, 0) is 37.3 Å². The second-order valence-electron chi connectivity index (χ2n) is 6.26. The first-order valence-electron chi connectivity index (χ1n) is 8.53. The number of hydrogen-bond donors (Lipinski definition) is 0. The quantitative estimate of drug-likeness (QED) is 0.477. The summed E-state index contributed by atoms with van der Waals surface area (Å²) in [4.78, 5) is 4.48. The number of imidazole rings is 1. The fourth-order valence-electron chi connectivity index (χ4n) is 3.36. The molecule has 0 aliphatic rings. The van der Waals surface area contributed by atoms with Crippen LogP contribution in [-0.4, -0.2) is 25.9 Å². The molecule has 0 N–H and O–H groups in total. The predicted octanol–water partition coefficient (Wildman–Crippen LogP) is 4.54. The fraction of sp³-hybridized carbons (Fsp3) is 0.143. The molecule has 0 radical (unpaired) electrons. The average Bonchev–Trinajstić information content (AvgIpc) is 3.20. The Hall–Kier alpha value is -3.30. The summed E-state index contributed by atoms with van der Waals surface area (Å²) in [6, 6.07) is 9.91. The highest BCUT2D eigenvalue weighted by atomic mass is 35.5. The van der Waals surface area contributed by atoms with Crippen LogP contribution in [-0.2, 0) is 7.05 Å². The van der Waals surface area contributed by atoms with Gasteiger partial charge in [-0.3, -0.25) is 9.25 Å². The van der Waals surface area contributed by atoms with E-state index in [4.69, 9.17) is 22.8 Å². The number of para-hydroxylation sites is 1. The van der Waals surface area contributed by atoms with Crippen molar-refractivity contribution >= 4 is 22.6 Å². The maximum absolute atomic E-state index is 13.6. The van der Waals surface area contributed by atoms with Crippen molar-refractivity contribution in [2.24, 2.45) is 7.05 Å². The van der Waals surface area contributed by atoms with Gasteiger partial charge in [-0.25, -0.2) is 9.37 Å². The highest BCUT2D eigenvalue weighted by molar-refractivity contribution is 6.33. The van der Waals surface area contributed by atoms with Gasteiger partial charge in [0.05, 0.1) is 16.2 Å². The van der Waals surface area contributed by atoms with Crippen LogP contribution in [0, 0.1) is 25.1 Å². The van der Waals surface area contributed by atoms with Gasteiger partial charge in [0.25, 0.3) is 0 Å². The molecule has 0 fully saturated rings. The summed E-state index contributed by atoms with van der Waals surface area (Å²) in [6.45, 7) is 2.03. The number of nitrogens with zero attached hydrogens (tertiary/aromatic N) is 4. The minimum Gasteiger partial charge on any atom is -0.479 e. The zero-order chi connectivity index (χ0) is 19.8. The Balaban J connectivity index is 2.00. The molecule has 5 nitrogen and oxygen atoms in total. The van der Waals surface area contributed by atoms with Crippen LogP contribution in [0.3, 0.4) is 0 Å². The molecule has 0 atom stereocenters. The molecule has 28 heavy (non-hydrogen) atoms. The van der Waals surface area contributed by atoms with E-state index in [1.807, 2.05) is 36.7 Å². The van der Waals surface area contributed by atoms with E-state index in [9.17, 15) is 4.39 Å². The molecule has 0 aliphatic heterocycles. The molecule has 0 aliphatic carbocycles. The monoisotopic (exact) mass is 394 g/mol. The number of aryl methyl sites for hydroxylation is 2. The van der Waals surface area contributed by atoms with Crippen LogP contribution < -0.4 is 4.74 Å². The molecular formula is C21H16ClFN4O. The number of hydrogen-bond acceptors (Lipinski definition) is 3. The first-order valence-corrected chi connectivity index (χ1v) is 8.90. The van der Waals surface area contributed by atoms with Gasteiger partial charge in [0.2, 0.25) is 0 Å². The second kappa shape index (κ2) is 7.02. The highest BCUT2D eigenvalue weighted by Gasteiger charge is 2.22. The van der Waals surface area contributed by atoms with Crippen molar-refractivity contribution in [3.8, 4) is 35.0 Å². The van der Waals surface area contributed by atoms with Gasteiger partial charge in [0.1, 0.15) is 35.8 Å². The summed E-state index contributed by atoms with van der Waals surface area (Å²) in [5.74, 6) is 3.44. The number of aromatic nitrogens is 4. The fourth-order valence-corrected chi connectivity index (χ4v) is 3.62. The lowest BCUT2D eigenvalue weighted by Crippen LogP contribution is -2.05. The third-order valence-corrected chi connectivity index (χ3v) is 4.78. The normalized spacial score (nSPS) is 11.0. The predicted molar refractivity (Wildman–Crippen MR) is 107 cm³/mol. The molecule has 2 aromatic carbocycles. The number of benzene rings is 2. The first-order chi connectivity index (χ1) is 13.5. The lowest BCUT2D eigenvalue weighted by molar-refractivity contribution is 0.373. The Bertz CT molecular complexity index is 1240. The van der Waals surface area contributed by atoms with Crippen LogP contribution in [0.15, 0.2) is 42.7 Å². The van der Waals surface area contributed by atoms with Crippen molar-refractivity contribution in [1.82, 2.24) is 19.3 Å². The van der Waals surface area contributed by atoms with Gasteiger partial charge >= 0.3 is 0 Å². The molecule has 140 valence electrons. The number of halogens is 2. The molecule has 4 aromatic rings. The molecule has 0 bridgehead atoms. The summed E-state index contributed by atoms with van der Waals surface area (Å²) in [5.41, 5.74) is 3.76. The molecule has 7 heteroatoms. The zero-order valence-electron chi connectivity index (χ0n) is 15.3. The van der Waals surface area contributed by atoms with Crippen molar-refractivity contribution < 1.29 is 9.13 Å². The molecule has 0 saturated heterocycles. The SMILES string of the molecule is C#CCOc1cccc2ncn(-c3c(-c4ccc(F)cc4Cl)c(C)nn3C)c12. The topological polar surface area (TPSA) is 44.9 Å². The zero-order valence-corrected chi connectivity index (χ0v) is 16.0. The van der Waals surface area contributed by atoms with E-state index in [0.717, 1.165) is 28.1 Å². The van der Waals surface area contributed by atoms with Gasteiger partial charge in [-0.15, -0.1) is 6.42 Å². The van der Waals surface area contributed by atoms with Crippen LogP contribution in [0.5, 0.6) is 5.75 Å². The summed E-state index contributed by atoms with van der Waals surface area (Å²) >= 11 is 6.35. The standard InChI is InChI=1S/C21H16ClFN4O/c1-4-10-28-18-7-5-6-17-20(18)27(12-24-17)21-19(13(2)25-26(21)3)15-9-8-14(23)11-16(15)22/h1,5-9,11-12H,10H2,2-3H3. The minimum absolute atomic E-state index is 0.144. The Morgan fingerprint density at radius 2 is 2.11 bits per heavy atom. The lowest BCUT2D eigenvalue weighted by atomic mass is 10.1. The van der Waals surface area contributed by atoms with E-state index < -0.39 is 5.82 Å². The van der Waals surface area contributed by atoms with Gasteiger partial charge in [0, 0.05) is 18.2 Å². The third kappa shape index (κ3) is 2.90. The molecule has 4 rings (SSSR count). The Morgan fingerprint density at radius 1 is 1.29 bits per heavy atom.